The van der Waals surface area contributed by atoms with Gasteiger partial charge in [0.1, 0.15) is 0 Å². The van der Waals surface area contributed by atoms with Crippen LogP contribution in [0.25, 0.3) is 0 Å². The molecule has 2 aromatic carbocycles. The average molecular weight is 571 g/mol. The zero-order chi connectivity index (χ0) is 28.2. The van der Waals surface area contributed by atoms with Crippen LogP contribution in [0.4, 0.5) is 11.4 Å². The van der Waals surface area contributed by atoms with Gasteiger partial charge in [-0.1, -0.05) is 37.6 Å². The summed E-state index contributed by atoms with van der Waals surface area (Å²) >= 11 is 0. The number of unbranched alkanes of at least 4 members (excludes halogenated alkanes) is 1. The summed E-state index contributed by atoms with van der Waals surface area (Å²) in [5.41, 5.74) is 5.19. The average Bonchev–Trinajstić information content (AvgIpc) is 3.89. The molecule has 2 unspecified atom stereocenters. The molecule has 2 saturated heterocycles. The van der Waals surface area contributed by atoms with Gasteiger partial charge in [0.15, 0.2) is 0 Å². The maximum Gasteiger partial charge on any atom is 0.500 e. The molecule has 0 radical (unpaired) electrons. The predicted octanol–water partition coefficient (Wildman–Crippen LogP) is 5.93. The van der Waals surface area contributed by atoms with E-state index in [4.69, 9.17) is 22.8 Å². The van der Waals surface area contributed by atoms with Crippen molar-refractivity contribution in [2.24, 2.45) is 0 Å². The van der Waals surface area contributed by atoms with Gasteiger partial charge in [-0.3, -0.25) is 0 Å². The Morgan fingerprint density at radius 2 is 1.10 bits per heavy atom. The first-order valence-corrected chi connectivity index (χ1v) is 17.3. The number of hydrogen-bond donors (Lipinski definition) is 0. The van der Waals surface area contributed by atoms with Crippen molar-refractivity contribution < 1.29 is 22.8 Å². The molecule has 0 amide bonds. The number of benzene rings is 2. The molecule has 222 valence electrons. The minimum Gasteiger partial charge on any atom is -0.374 e. The lowest BCUT2D eigenvalue weighted by atomic mass is 10.0. The highest BCUT2D eigenvalue weighted by atomic mass is 28.4. The fraction of sp³-hybridized carbons (Fsp3) is 0.625. The second kappa shape index (κ2) is 15.9. The van der Waals surface area contributed by atoms with Gasteiger partial charge in [0.05, 0.1) is 25.4 Å². The van der Waals surface area contributed by atoms with Crippen LogP contribution >= 0.6 is 0 Å². The third kappa shape index (κ3) is 9.85. The Kier molecular flexibility index (Phi) is 12.3. The Balaban J connectivity index is 1.34. The molecule has 0 aliphatic carbocycles. The van der Waals surface area contributed by atoms with Gasteiger partial charge in [-0.05, 0) is 75.4 Å². The lowest BCUT2D eigenvalue weighted by Gasteiger charge is -2.30. The van der Waals surface area contributed by atoms with Crippen LogP contribution in [0.3, 0.4) is 0 Å². The summed E-state index contributed by atoms with van der Waals surface area (Å²) < 4.78 is 29.3. The van der Waals surface area contributed by atoms with E-state index in [2.05, 4.69) is 65.3 Å². The molecule has 0 N–H and O–H groups in total. The molecule has 4 rings (SSSR count). The van der Waals surface area contributed by atoms with Gasteiger partial charge in [-0.25, -0.2) is 0 Å². The van der Waals surface area contributed by atoms with Crippen LogP contribution in [-0.2, 0) is 29.2 Å². The van der Waals surface area contributed by atoms with Crippen molar-refractivity contribution in [3.8, 4) is 0 Å². The van der Waals surface area contributed by atoms with E-state index >= 15 is 0 Å². The molecule has 2 atom stereocenters. The summed E-state index contributed by atoms with van der Waals surface area (Å²) in [7, 11) is -2.63. The lowest BCUT2D eigenvalue weighted by Crippen LogP contribution is -2.46. The smallest absolute Gasteiger partial charge is 0.374 e. The van der Waals surface area contributed by atoms with Gasteiger partial charge >= 0.3 is 8.80 Å². The first-order valence-electron chi connectivity index (χ1n) is 15.4. The topological polar surface area (TPSA) is 59.2 Å². The van der Waals surface area contributed by atoms with Gasteiger partial charge in [0.25, 0.3) is 0 Å². The summed E-state index contributed by atoms with van der Waals surface area (Å²) in [6, 6.07) is 19.0. The van der Waals surface area contributed by atoms with Crippen LogP contribution in [-0.4, -0.2) is 80.2 Å². The number of rotatable bonds is 21. The largest absolute Gasteiger partial charge is 0.500 e. The van der Waals surface area contributed by atoms with Crippen LogP contribution < -0.4 is 9.80 Å². The van der Waals surface area contributed by atoms with E-state index in [-0.39, 0.29) is 0 Å². The van der Waals surface area contributed by atoms with Crippen LogP contribution in [0.1, 0.15) is 58.1 Å². The van der Waals surface area contributed by atoms with Gasteiger partial charge in [0.2, 0.25) is 0 Å². The maximum absolute atomic E-state index is 6.06. The fourth-order valence-corrected chi connectivity index (χ4v) is 7.81. The van der Waals surface area contributed by atoms with Crippen molar-refractivity contribution in [1.82, 2.24) is 0 Å². The molecule has 0 saturated carbocycles. The monoisotopic (exact) mass is 570 g/mol. The quantitative estimate of drug-likeness (QED) is 0.136. The SMILES string of the molecule is CCCCN(CC1CO1)c1ccc(Cc2ccc(N(CCC[Si](OCC)(OCC)OCC)CC3CO3)cc2)cc1. The van der Waals surface area contributed by atoms with Crippen molar-refractivity contribution in [1.29, 1.82) is 0 Å². The predicted molar refractivity (Wildman–Crippen MR) is 165 cm³/mol. The van der Waals surface area contributed by atoms with E-state index in [0.29, 0.717) is 32.0 Å². The molecule has 2 aliphatic rings. The van der Waals surface area contributed by atoms with E-state index < -0.39 is 8.80 Å². The van der Waals surface area contributed by atoms with Gasteiger partial charge in [-0.15, -0.1) is 0 Å². The standard InChI is InChI=1S/C32H50N2O5Si/c1-5-9-19-33(23-31-25-35-31)29-15-11-27(12-16-29)22-28-13-17-30(18-14-28)34(24-32-26-36-32)20-10-21-40(37-6-2,38-7-3)39-8-4/h11-18,31-32H,5-10,19-26H2,1-4H3. The van der Waals surface area contributed by atoms with Gasteiger partial charge < -0.3 is 32.6 Å². The van der Waals surface area contributed by atoms with Gasteiger partial charge in [-0.2, -0.15) is 0 Å². The molecule has 7 nitrogen and oxygen atoms in total. The first kappa shape index (κ1) is 31.0. The minimum atomic E-state index is -2.63. The van der Waals surface area contributed by atoms with E-state index in [1.54, 1.807) is 0 Å². The summed E-state index contributed by atoms with van der Waals surface area (Å²) in [6.45, 7) is 15.8. The van der Waals surface area contributed by atoms with E-state index in [1.807, 2.05) is 20.8 Å². The normalized spacial score (nSPS) is 18.1. The fourth-order valence-electron chi connectivity index (χ4n) is 5.21. The van der Waals surface area contributed by atoms with Crippen molar-refractivity contribution >= 4 is 20.2 Å². The lowest BCUT2D eigenvalue weighted by molar-refractivity contribution is 0.0709. The number of ether oxygens (including phenoxy) is 2. The maximum atomic E-state index is 6.06. The molecule has 8 heteroatoms. The first-order chi connectivity index (χ1) is 19.6. The van der Waals surface area contributed by atoms with Crippen molar-refractivity contribution in [3.05, 3.63) is 59.7 Å². The van der Waals surface area contributed by atoms with E-state index in [9.17, 15) is 0 Å². The molecular weight excluding hydrogens is 520 g/mol. The number of anilines is 2. The Hall–Kier alpha value is -1.94. The van der Waals surface area contributed by atoms with Crippen LogP contribution in [0, 0.1) is 0 Å². The Bertz CT molecular complexity index is 965. The second-order valence-corrected chi connectivity index (χ2v) is 13.5. The van der Waals surface area contributed by atoms with Crippen LogP contribution in [0.2, 0.25) is 6.04 Å². The molecule has 0 aromatic heterocycles. The molecule has 0 bridgehead atoms. The highest BCUT2D eigenvalue weighted by Gasteiger charge is 2.40. The molecular formula is C32H50N2O5Si. The molecule has 2 fully saturated rings. The summed E-state index contributed by atoms with van der Waals surface area (Å²) in [5, 5.41) is 0. The zero-order valence-electron chi connectivity index (χ0n) is 25.1. The summed E-state index contributed by atoms with van der Waals surface area (Å²) in [5.74, 6) is 0. The summed E-state index contributed by atoms with van der Waals surface area (Å²) in [6.07, 6.45) is 5.03. The highest BCUT2D eigenvalue weighted by Crippen LogP contribution is 2.25. The molecule has 2 heterocycles. The molecule has 2 aromatic rings. The Labute approximate surface area is 243 Å². The van der Waals surface area contributed by atoms with E-state index in [1.165, 1.54) is 35.3 Å². The summed E-state index contributed by atoms with van der Waals surface area (Å²) in [4.78, 5) is 4.91. The molecule has 40 heavy (non-hydrogen) atoms. The van der Waals surface area contributed by atoms with Crippen molar-refractivity contribution in [2.45, 2.75) is 71.6 Å². The number of epoxide rings is 2. The zero-order valence-corrected chi connectivity index (χ0v) is 26.1. The third-order valence-corrected chi connectivity index (χ3v) is 10.6. The third-order valence-electron chi connectivity index (χ3n) is 7.45. The van der Waals surface area contributed by atoms with Crippen molar-refractivity contribution in [3.63, 3.8) is 0 Å². The highest BCUT2D eigenvalue weighted by molar-refractivity contribution is 6.60. The number of hydrogen-bond acceptors (Lipinski definition) is 7. The van der Waals surface area contributed by atoms with Gasteiger partial charge in [0, 0.05) is 63.4 Å². The van der Waals surface area contributed by atoms with Crippen molar-refractivity contribution in [2.75, 3.05) is 69.0 Å². The van der Waals surface area contributed by atoms with Crippen LogP contribution in [0.15, 0.2) is 48.5 Å². The number of nitrogens with zero attached hydrogens (tertiary/aromatic N) is 2. The minimum absolute atomic E-state index is 0.328. The Morgan fingerprint density at radius 1 is 0.675 bits per heavy atom. The molecule has 0 spiro atoms. The van der Waals surface area contributed by atoms with E-state index in [0.717, 1.165) is 58.3 Å². The Morgan fingerprint density at radius 3 is 1.48 bits per heavy atom. The second-order valence-electron chi connectivity index (χ2n) is 10.8. The molecule has 2 aliphatic heterocycles. The van der Waals surface area contributed by atoms with Crippen LogP contribution in [0.5, 0.6) is 0 Å².